The minimum absolute atomic E-state index is 0.102. The highest BCUT2D eigenvalue weighted by Gasteiger charge is 2.48. The number of aliphatic hydroxyl groups is 1. The molecule has 12 heteroatoms. The van der Waals surface area contributed by atoms with Gasteiger partial charge in [0.25, 0.3) is 5.78 Å². The van der Waals surface area contributed by atoms with Crippen molar-refractivity contribution in [2.24, 2.45) is 0 Å². The molecular formula is C30H30N2O9S. The van der Waals surface area contributed by atoms with Gasteiger partial charge < -0.3 is 28.8 Å². The summed E-state index contributed by atoms with van der Waals surface area (Å²) in [7, 11) is 1.25. The Labute approximate surface area is 246 Å². The van der Waals surface area contributed by atoms with Gasteiger partial charge >= 0.3 is 11.9 Å². The van der Waals surface area contributed by atoms with E-state index in [1.54, 1.807) is 43.3 Å². The number of fused-ring (bicyclic) bond motifs is 1. The van der Waals surface area contributed by atoms with Gasteiger partial charge in [0.2, 0.25) is 0 Å². The van der Waals surface area contributed by atoms with Crippen LogP contribution in [0.15, 0.2) is 42.0 Å². The van der Waals surface area contributed by atoms with Crippen molar-refractivity contribution in [2.75, 3.05) is 38.4 Å². The van der Waals surface area contributed by atoms with Gasteiger partial charge in [-0.25, -0.2) is 9.78 Å². The lowest BCUT2D eigenvalue weighted by Crippen LogP contribution is -2.29. The molecule has 0 spiro atoms. The maximum absolute atomic E-state index is 13.6. The van der Waals surface area contributed by atoms with Gasteiger partial charge in [-0.1, -0.05) is 24.3 Å². The molecular weight excluding hydrogens is 564 g/mol. The first-order valence-corrected chi connectivity index (χ1v) is 14.3. The third kappa shape index (κ3) is 5.25. The predicted octanol–water partition coefficient (Wildman–Crippen LogP) is 4.82. The Morgan fingerprint density at radius 1 is 1.07 bits per heavy atom. The molecule has 1 aromatic heterocycles. The van der Waals surface area contributed by atoms with Crippen LogP contribution in [0.5, 0.6) is 23.0 Å². The van der Waals surface area contributed by atoms with Gasteiger partial charge in [-0.05, 0) is 56.2 Å². The highest BCUT2D eigenvalue weighted by Crippen LogP contribution is 2.46. The second-order valence-electron chi connectivity index (χ2n) is 9.42. The fraction of sp³-hybridized carbons (Fsp3) is 0.333. The zero-order valence-electron chi connectivity index (χ0n) is 23.6. The number of benzene rings is 2. The highest BCUT2D eigenvalue weighted by molar-refractivity contribution is 7.17. The summed E-state index contributed by atoms with van der Waals surface area (Å²) < 4.78 is 27.8. The van der Waals surface area contributed by atoms with Gasteiger partial charge in [0.1, 0.15) is 23.9 Å². The minimum atomic E-state index is -1.10. The van der Waals surface area contributed by atoms with Crippen LogP contribution in [0, 0.1) is 6.92 Å². The molecule has 220 valence electrons. The molecule has 1 fully saturated rings. The Balaban J connectivity index is 1.70. The van der Waals surface area contributed by atoms with Gasteiger partial charge in [-0.2, -0.15) is 0 Å². The van der Waals surface area contributed by atoms with E-state index in [0.717, 1.165) is 17.8 Å². The molecule has 2 aromatic carbocycles. The van der Waals surface area contributed by atoms with E-state index >= 15 is 0 Å². The molecule has 3 aromatic rings. The van der Waals surface area contributed by atoms with Crippen LogP contribution in [0.25, 0.3) is 5.76 Å². The first kappa shape index (κ1) is 28.9. The minimum Gasteiger partial charge on any atom is -0.507 e. The van der Waals surface area contributed by atoms with Crippen molar-refractivity contribution in [3.63, 3.8) is 0 Å². The molecule has 42 heavy (non-hydrogen) atoms. The quantitative estimate of drug-likeness (QED) is 0.159. The number of rotatable bonds is 9. The summed E-state index contributed by atoms with van der Waals surface area (Å²) in [5.41, 5.74) is 0.912. The van der Waals surface area contributed by atoms with Crippen LogP contribution in [0.4, 0.5) is 5.13 Å². The van der Waals surface area contributed by atoms with Crippen molar-refractivity contribution in [3.8, 4) is 23.0 Å². The van der Waals surface area contributed by atoms with E-state index in [2.05, 4.69) is 4.98 Å². The summed E-state index contributed by atoms with van der Waals surface area (Å²) >= 11 is 0.921. The van der Waals surface area contributed by atoms with Crippen molar-refractivity contribution in [2.45, 2.75) is 33.2 Å². The van der Waals surface area contributed by atoms with Crippen molar-refractivity contribution < 1.29 is 43.2 Å². The van der Waals surface area contributed by atoms with Crippen molar-refractivity contribution in [1.82, 2.24) is 4.98 Å². The number of ether oxygens (including phenoxy) is 5. The maximum atomic E-state index is 13.6. The van der Waals surface area contributed by atoms with E-state index in [9.17, 15) is 19.5 Å². The molecule has 1 atom stereocenters. The molecule has 5 rings (SSSR count). The van der Waals surface area contributed by atoms with Crippen molar-refractivity contribution in [1.29, 1.82) is 0 Å². The highest BCUT2D eigenvalue weighted by atomic mass is 32.1. The van der Waals surface area contributed by atoms with Crippen LogP contribution >= 0.6 is 11.3 Å². The number of carbonyl (C=O) groups excluding carboxylic acids is 3. The van der Waals surface area contributed by atoms with E-state index in [-0.39, 0.29) is 21.1 Å². The standard InChI is InChI=1S/C30H30N2O9S/c1-5-11-39-19-9-7-17(14-21(19)38-6-2)24-23(25(33)18-8-10-20-22(15-18)41-13-12-40-20)26(34)28(35)32(24)30-31-16(3)27(42-30)29(36)37-4/h7-10,14-15,24,33H,5-6,11-13H2,1-4H3. The zero-order valence-corrected chi connectivity index (χ0v) is 24.4. The molecule has 1 saturated heterocycles. The molecule has 3 heterocycles. The van der Waals surface area contributed by atoms with Gasteiger partial charge in [0, 0.05) is 5.56 Å². The number of Topliss-reactive ketones (excluding diaryl/α,β-unsaturated/α-hetero) is 1. The van der Waals surface area contributed by atoms with Crippen LogP contribution in [0.2, 0.25) is 0 Å². The van der Waals surface area contributed by atoms with Crippen molar-refractivity contribution >= 4 is 39.9 Å². The number of carbonyl (C=O) groups is 3. The van der Waals surface area contributed by atoms with Crippen molar-refractivity contribution in [3.05, 3.63) is 63.7 Å². The number of aromatic nitrogens is 1. The molecule has 11 nitrogen and oxygen atoms in total. The number of ketones is 1. The lowest BCUT2D eigenvalue weighted by atomic mass is 9.95. The van der Waals surface area contributed by atoms with Crippen LogP contribution < -0.4 is 23.8 Å². The summed E-state index contributed by atoms with van der Waals surface area (Å²) in [6, 6.07) is 8.76. The molecule has 1 N–H and O–H groups in total. The third-order valence-corrected chi connectivity index (χ3v) is 7.80. The Morgan fingerprint density at radius 3 is 2.55 bits per heavy atom. The number of hydrogen-bond acceptors (Lipinski definition) is 11. The monoisotopic (exact) mass is 594 g/mol. The van der Waals surface area contributed by atoms with Gasteiger partial charge in [0.15, 0.2) is 28.1 Å². The van der Waals surface area contributed by atoms with E-state index in [4.69, 9.17) is 23.7 Å². The van der Waals surface area contributed by atoms with Crippen LogP contribution in [0.1, 0.15) is 52.8 Å². The summed E-state index contributed by atoms with van der Waals surface area (Å²) in [6.45, 7) is 6.97. The first-order chi connectivity index (χ1) is 20.3. The van der Waals surface area contributed by atoms with Gasteiger partial charge in [-0.15, -0.1) is 0 Å². The van der Waals surface area contributed by atoms with Crippen LogP contribution in [-0.2, 0) is 14.3 Å². The molecule has 2 aliphatic rings. The number of amides is 1. The van der Waals surface area contributed by atoms with E-state index < -0.39 is 29.5 Å². The average molecular weight is 595 g/mol. The number of hydrogen-bond donors (Lipinski definition) is 1. The Kier molecular flexibility index (Phi) is 8.34. The Hall–Kier alpha value is -4.58. The maximum Gasteiger partial charge on any atom is 0.350 e. The normalized spacial score (nSPS) is 17.3. The number of anilines is 1. The summed E-state index contributed by atoms with van der Waals surface area (Å²) in [4.78, 5) is 45.4. The third-order valence-electron chi connectivity index (χ3n) is 6.67. The summed E-state index contributed by atoms with van der Waals surface area (Å²) in [5.74, 6) is -1.00. The molecule has 0 saturated carbocycles. The number of esters is 1. The lowest BCUT2D eigenvalue weighted by molar-refractivity contribution is -0.132. The Morgan fingerprint density at radius 2 is 1.83 bits per heavy atom. The lowest BCUT2D eigenvalue weighted by Gasteiger charge is -2.24. The summed E-state index contributed by atoms with van der Waals surface area (Å²) in [5, 5.41) is 11.7. The second kappa shape index (κ2) is 12.1. The number of methoxy groups -OCH3 is 1. The van der Waals surface area contributed by atoms with Crippen LogP contribution in [-0.4, -0.2) is 61.3 Å². The number of aliphatic hydroxyl groups excluding tert-OH is 1. The predicted molar refractivity (Wildman–Crippen MR) is 154 cm³/mol. The topological polar surface area (TPSA) is 134 Å². The largest absolute Gasteiger partial charge is 0.507 e. The molecule has 0 radical (unpaired) electrons. The fourth-order valence-corrected chi connectivity index (χ4v) is 5.76. The Bertz CT molecular complexity index is 1580. The number of thiazole rings is 1. The van der Waals surface area contributed by atoms with E-state index in [1.165, 1.54) is 12.0 Å². The SMILES string of the molecule is CCCOc1ccc(C2C(=C(O)c3ccc4c(c3)OCCO4)C(=O)C(=O)N2c2nc(C)c(C(=O)OC)s2)cc1OCC. The molecule has 0 aliphatic carbocycles. The number of aryl methyl sites for hydroxylation is 1. The molecule has 0 bridgehead atoms. The fourth-order valence-electron chi connectivity index (χ4n) is 4.75. The smallest absolute Gasteiger partial charge is 0.350 e. The second-order valence-corrected chi connectivity index (χ2v) is 10.4. The summed E-state index contributed by atoms with van der Waals surface area (Å²) in [6.07, 6.45) is 0.787. The first-order valence-electron chi connectivity index (χ1n) is 13.4. The van der Waals surface area contributed by atoms with E-state index in [1.807, 2.05) is 13.8 Å². The van der Waals surface area contributed by atoms with E-state index in [0.29, 0.717) is 60.7 Å². The number of nitrogens with zero attached hydrogens (tertiary/aromatic N) is 2. The average Bonchev–Trinajstić information content (AvgIpc) is 3.51. The van der Waals surface area contributed by atoms with Gasteiger partial charge in [-0.3, -0.25) is 14.5 Å². The van der Waals surface area contributed by atoms with Crippen LogP contribution in [0.3, 0.4) is 0 Å². The molecule has 1 amide bonds. The van der Waals surface area contributed by atoms with Gasteiger partial charge in [0.05, 0.1) is 37.6 Å². The molecule has 2 aliphatic heterocycles. The molecule has 1 unspecified atom stereocenters. The zero-order chi connectivity index (χ0) is 30.0.